The molecule has 0 radical (unpaired) electrons. The zero-order chi connectivity index (χ0) is 14.9. The van der Waals surface area contributed by atoms with Gasteiger partial charge in [0.2, 0.25) is 0 Å². The maximum Gasteiger partial charge on any atom is 0.466 e. The number of carboxylic acid groups (broad SMARTS) is 3. The van der Waals surface area contributed by atoms with Gasteiger partial charge in [-0.2, -0.15) is 0 Å². The molecular formula is C6H12NO10P. The number of carboxylic acids is 3. The van der Waals surface area contributed by atoms with E-state index in [2.05, 4.69) is 0 Å². The topological polar surface area (TPSA) is 193 Å². The predicted octanol–water partition coefficient (Wildman–Crippen LogP) is -2.39. The second kappa shape index (κ2) is 8.55. The molecule has 0 atom stereocenters. The fourth-order valence-electron chi connectivity index (χ4n) is 0.742. The third-order valence-corrected chi connectivity index (χ3v) is 1.08. The smallest absolute Gasteiger partial charge is 0.466 e. The summed E-state index contributed by atoms with van der Waals surface area (Å²) in [6, 6.07) is 0. The average Bonchev–Trinajstić information content (AvgIpc) is 1.94. The van der Waals surface area contributed by atoms with E-state index < -0.39 is 45.4 Å². The Morgan fingerprint density at radius 2 is 0.944 bits per heavy atom. The highest BCUT2D eigenvalue weighted by Gasteiger charge is 2.15. The molecule has 12 heteroatoms. The number of phosphoric acid groups is 1. The molecular weight excluding hydrogens is 277 g/mol. The molecule has 18 heavy (non-hydrogen) atoms. The molecule has 0 aliphatic rings. The van der Waals surface area contributed by atoms with Crippen molar-refractivity contribution in [2.45, 2.75) is 0 Å². The summed E-state index contributed by atoms with van der Waals surface area (Å²) in [5.41, 5.74) is 0. The van der Waals surface area contributed by atoms with E-state index in [4.69, 9.17) is 34.6 Å². The monoisotopic (exact) mass is 289 g/mol. The van der Waals surface area contributed by atoms with Crippen molar-refractivity contribution in [1.29, 1.82) is 0 Å². The van der Waals surface area contributed by atoms with Gasteiger partial charge < -0.3 is 30.0 Å². The van der Waals surface area contributed by atoms with Crippen LogP contribution in [0.3, 0.4) is 0 Å². The van der Waals surface area contributed by atoms with Crippen LogP contribution in [0.2, 0.25) is 0 Å². The van der Waals surface area contributed by atoms with E-state index >= 15 is 0 Å². The van der Waals surface area contributed by atoms with E-state index in [-0.39, 0.29) is 0 Å². The number of nitrogens with zero attached hydrogens (tertiary/aromatic N) is 1. The van der Waals surface area contributed by atoms with E-state index in [0.29, 0.717) is 0 Å². The minimum Gasteiger partial charge on any atom is -0.480 e. The van der Waals surface area contributed by atoms with Gasteiger partial charge in [-0.15, -0.1) is 0 Å². The summed E-state index contributed by atoms with van der Waals surface area (Å²) in [5.74, 6) is -3.78. The first-order valence-electron chi connectivity index (χ1n) is 4.08. The maximum absolute atomic E-state index is 10.1. The molecule has 0 unspecified atom stereocenters. The zero-order valence-electron chi connectivity index (χ0n) is 8.83. The minimum absolute atomic E-state index is 0.599. The Kier molecular flexibility index (Phi) is 8.95. The van der Waals surface area contributed by atoms with E-state index in [0.717, 1.165) is 4.90 Å². The first-order chi connectivity index (χ1) is 7.91. The zero-order valence-corrected chi connectivity index (χ0v) is 9.73. The lowest BCUT2D eigenvalue weighted by Gasteiger charge is -2.14. The van der Waals surface area contributed by atoms with Gasteiger partial charge in [-0.1, -0.05) is 0 Å². The first-order valence-corrected chi connectivity index (χ1v) is 5.64. The molecule has 0 amide bonds. The molecule has 106 valence electrons. The van der Waals surface area contributed by atoms with E-state index in [1.54, 1.807) is 0 Å². The first kappa shape index (κ1) is 18.8. The molecule has 0 aromatic carbocycles. The van der Waals surface area contributed by atoms with Crippen molar-refractivity contribution in [2.75, 3.05) is 19.6 Å². The van der Waals surface area contributed by atoms with Gasteiger partial charge in [-0.25, -0.2) is 4.57 Å². The summed E-state index contributed by atoms with van der Waals surface area (Å²) in [6.45, 7) is -1.80. The molecule has 6 N–H and O–H groups in total. The number of hydrogen-bond donors (Lipinski definition) is 6. The fourth-order valence-corrected chi connectivity index (χ4v) is 0.742. The van der Waals surface area contributed by atoms with Crippen LogP contribution in [0.1, 0.15) is 0 Å². The van der Waals surface area contributed by atoms with Crippen LogP contribution < -0.4 is 0 Å². The number of rotatable bonds is 6. The van der Waals surface area contributed by atoms with Gasteiger partial charge in [0.25, 0.3) is 0 Å². The van der Waals surface area contributed by atoms with Gasteiger partial charge in [-0.05, 0) is 0 Å². The Morgan fingerprint density at radius 3 is 1.06 bits per heavy atom. The molecule has 11 nitrogen and oxygen atoms in total. The van der Waals surface area contributed by atoms with E-state index in [1.807, 2.05) is 0 Å². The summed E-state index contributed by atoms with van der Waals surface area (Å²) < 4.78 is 8.88. The molecule has 0 aromatic rings. The summed E-state index contributed by atoms with van der Waals surface area (Å²) in [5, 5.41) is 24.8. The average molecular weight is 289 g/mol. The SMILES string of the molecule is O=C(O)CN(CC(=O)O)CC(=O)O.O=P(O)(O)O. The molecule has 0 fully saturated rings. The molecule has 0 aromatic heterocycles. The van der Waals surface area contributed by atoms with Crippen molar-refractivity contribution in [3.8, 4) is 0 Å². The summed E-state index contributed by atoms with van der Waals surface area (Å²) in [4.78, 5) is 52.8. The van der Waals surface area contributed by atoms with Crippen LogP contribution in [0.4, 0.5) is 0 Å². The van der Waals surface area contributed by atoms with Gasteiger partial charge in [0.1, 0.15) is 0 Å². The highest BCUT2D eigenvalue weighted by atomic mass is 31.2. The van der Waals surface area contributed by atoms with Crippen LogP contribution >= 0.6 is 7.82 Å². The van der Waals surface area contributed by atoms with Crippen molar-refractivity contribution >= 4 is 25.7 Å². The Morgan fingerprint density at radius 1 is 0.778 bits per heavy atom. The van der Waals surface area contributed by atoms with Crippen molar-refractivity contribution < 1.29 is 48.9 Å². The molecule has 0 rings (SSSR count). The van der Waals surface area contributed by atoms with Crippen LogP contribution in [-0.4, -0.2) is 72.4 Å². The number of carbonyl (C=O) groups is 3. The van der Waals surface area contributed by atoms with Crippen LogP contribution in [0, 0.1) is 0 Å². The molecule has 0 heterocycles. The van der Waals surface area contributed by atoms with Crippen molar-refractivity contribution in [3.05, 3.63) is 0 Å². The van der Waals surface area contributed by atoms with E-state index in [1.165, 1.54) is 0 Å². The molecule has 0 bridgehead atoms. The lowest BCUT2D eigenvalue weighted by Crippen LogP contribution is -2.38. The second-order valence-electron chi connectivity index (χ2n) is 2.84. The van der Waals surface area contributed by atoms with Crippen LogP contribution in [-0.2, 0) is 18.9 Å². The van der Waals surface area contributed by atoms with Gasteiger partial charge in [-0.3, -0.25) is 19.3 Å². The standard InChI is InChI=1S/C6H9NO6.H3O4P/c8-4(9)1-7(2-5(10)11)3-6(12)13;1-5(2,3)4/h1-3H2,(H,8,9)(H,10,11)(H,12,13);(H3,1,2,3,4). The minimum atomic E-state index is -4.64. The van der Waals surface area contributed by atoms with Crippen LogP contribution in [0.15, 0.2) is 0 Å². The van der Waals surface area contributed by atoms with E-state index in [9.17, 15) is 14.4 Å². The summed E-state index contributed by atoms with van der Waals surface area (Å²) >= 11 is 0. The van der Waals surface area contributed by atoms with Crippen molar-refractivity contribution in [1.82, 2.24) is 4.90 Å². The van der Waals surface area contributed by atoms with Gasteiger partial charge in [0.15, 0.2) is 0 Å². The van der Waals surface area contributed by atoms with Crippen LogP contribution in [0.25, 0.3) is 0 Å². The summed E-state index contributed by atoms with van der Waals surface area (Å²) in [6.07, 6.45) is 0. The van der Waals surface area contributed by atoms with Crippen molar-refractivity contribution in [2.24, 2.45) is 0 Å². The van der Waals surface area contributed by atoms with Gasteiger partial charge in [0.05, 0.1) is 19.6 Å². The number of aliphatic carboxylic acids is 3. The molecule has 0 aliphatic heterocycles. The molecule has 0 saturated heterocycles. The van der Waals surface area contributed by atoms with Gasteiger partial charge >= 0.3 is 25.7 Å². The Hall–Kier alpha value is -1.52. The highest BCUT2D eigenvalue weighted by molar-refractivity contribution is 7.45. The second-order valence-corrected chi connectivity index (χ2v) is 3.87. The Bertz CT molecular complexity index is 302. The molecule has 0 spiro atoms. The maximum atomic E-state index is 10.1. The normalized spacial score (nSPS) is 10.4. The Balaban J connectivity index is 0. The largest absolute Gasteiger partial charge is 0.480 e. The Labute approximate surface area is 100 Å². The predicted molar refractivity (Wildman–Crippen MR) is 53.6 cm³/mol. The fraction of sp³-hybridized carbons (Fsp3) is 0.500. The van der Waals surface area contributed by atoms with Crippen molar-refractivity contribution in [3.63, 3.8) is 0 Å². The highest BCUT2D eigenvalue weighted by Crippen LogP contribution is 2.25. The quantitative estimate of drug-likeness (QED) is 0.286. The van der Waals surface area contributed by atoms with Gasteiger partial charge in [0, 0.05) is 0 Å². The number of hydrogen-bond acceptors (Lipinski definition) is 5. The van der Waals surface area contributed by atoms with Crippen LogP contribution in [0.5, 0.6) is 0 Å². The lowest BCUT2D eigenvalue weighted by atomic mass is 10.4. The summed E-state index contributed by atoms with van der Waals surface area (Å²) in [7, 11) is -4.64. The molecule has 0 saturated carbocycles. The molecule has 0 aliphatic carbocycles. The lowest BCUT2D eigenvalue weighted by molar-refractivity contribution is -0.144. The third kappa shape index (κ3) is 24.0. The third-order valence-electron chi connectivity index (χ3n) is 1.08.